The maximum atomic E-state index is 14.5. The number of rotatable bonds is 10. The third-order valence-electron chi connectivity index (χ3n) is 7.43. The van der Waals surface area contributed by atoms with Crippen molar-refractivity contribution in [1.29, 1.82) is 0 Å². The Kier molecular flexibility index (Phi) is 9.65. The van der Waals surface area contributed by atoms with E-state index in [-0.39, 0.29) is 12.5 Å². The molecule has 3 aromatic rings. The van der Waals surface area contributed by atoms with Crippen LogP contribution in [0.25, 0.3) is 6.08 Å². The van der Waals surface area contributed by atoms with E-state index in [1.54, 1.807) is 12.1 Å². The summed E-state index contributed by atoms with van der Waals surface area (Å²) >= 11 is 13.0. The molecule has 6 nitrogen and oxygen atoms in total. The molecule has 0 radical (unpaired) electrons. The summed E-state index contributed by atoms with van der Waals surface area (Å²) in [6.07, 6.45) is 7.17. The van der Waals surface area contributed by atoms with Gasteiger partial charge >= 0.3 is 0 Å². The van der Waals surface area contributed by atoms with Crippen LogP contribution < -0.4 is 4.74 Å². The van der Waals surface area contributed by atoms with Gasteiger partial charge in [-0.2, -0.15) is 0 Å². The van der Waals surface area contributed by atoms with Crippen molar-refractivity contribution in [3.8, 4) is 5.75 Å². The highest BCUT2D eigenvalue weighted by Gasteiger charge is 2.54. The number of hydrogen-bond donors (Lipinski definition) is 1. The molecule has 1 amide bonds. The molecule has 8 heteroatoms. The van der Waals surface area contributed by atoms with E-state index < -0.39 is 11.6 Å². The third-order valence-corrected chi connectivity index (χ3v) is 8.00. The number of carbonyl (C=O) groups is 1. The van der Waals surface area contributed by atoms with Gasteiger partial charge in [-0.3, -0.25) is 4.79 Å². The number of aliphatic hydroxyl groups is 1. The summed E-state index contributed by atoms with van der Waals surface area (Å²) < 4.78 is 12.3. The fourth-order valence-corrected chi connectivity index (χ4v) is 5.81. The van der Waals surface area contributed by atoms with Gasteiger partial charge in [0.05, 0.1) is 6.61 Å². The number of amides is 1. The van der Waals surface area contributed by atoms with Crippen LogP contribution in [0.3, 0.4) is 0 Å². The zero-order chi connectivity index (χ0) is 28.7. The predicted octanol–water partition coefficient (Wildman–Crippen LogP) is 7.13. The zero-order valence-corrected chi connectivity index (χ0v) is 24.4. The van der Waals surface area contributed by atoms with E-state index in [4.69, 9.17) is 42.8 Å². The van der Waals surface area contributed by atoms with Crippen LogP contribution in [0.4, 0.5) is 0 Å². The van der Waals surface area contributed by atoms with E-state index in [2.05, 4.69) is 0 Å². The van der Waals surface area contributed by atoms with Gasteiger partial charge in [-0.25, -0.2) is 4.99 Å². The quantitative estimate of drug-likeness (QED) is 0.254. The van der Waals surface area contributed by atoms with Crippen molar-refractivity contribution in [2.45, 2.75) is 43.7 Å². The van der Waals surface area contributed by atoms with Crippen LogP contribution >= 0.6 is 23.2 Å². The molecule has 2 aliphatic heterocycles. The van der Waals surface area contributed by atoms with E-state index in [1.807, 2.05) is 77.7 Å². The Morgan fingerprint density at radius 1 is 1.05 bits per heavy atom. The molecular weight excluding hydrogens is 559 g/mol. The molecule has 3 aromatic carbocycles. The molecule has 0 aromatic heterocycles. The highest BCUT2D eigenvalue weighted by molar-refractivity contribution is 6.35. The first-order valence-corrected chi connectivity index (χ1v) is 14.8. The summed E-state index contributed by atoms with van der Waals surface area (Å²) in [5, 5.41) is 9.97. The first-order chi connectivity index (χ1) is 20.0. The van der Waals surface area contributed by atoms with Gasteiger partial charge in [0.15, 0.2) is 11.6 Å². The number of aliphatic hydroxyl groups excluding tert-OH is 1. The van der Waals surface area contributed by atoms with Crippen molar-refractivity contribution in [3.05, 3.63) is 106 Å². The summed E-state index contributed by atoms with van der Waals surface area (Å²) in [7, 11) is 0. The number of piperidine rings is 1. The Morgan fingerprint density at radius 3 is 2.51 bits per heavy atom. The molecule has 0 spiro atoms. The zero-order valence-electron chi connectivity index (χ0n) is 22.8. The second-order valence-corrected chi connectivity index (χ2v) is 11.2. The number of hydrogen-bond acceptors (Lipinski definition) is 5. The minimum atomic E-state index is -1.26. The molecule has 0 unspecified atom stereocenters. The van der Waals surface area contributed by atoms with Crippen LogP contribution in [0.1, 0.15) is 54.9 Å². The fourth-order valence-electron chi connectivity index (χ4n) is 5.30. The molecule has 2 aliphatic rings. The first kappa shape index (κ1) is 29.2. The maximum absolute atomic E-state index is 14.5. The Balaban J connectivity index is 1.56. The van der Waals surface area contributed by atoms with Crippen molar-refractivity contribution in [3.63, 3.8) is 0 Å². The smallest absolute Gasteiger partial charge is 0.255 e. The number of ether oxygens (including phenoxy) is 2. The average molecular weight is 594 g/mol. The molecule has 0 bridgehead atoms. The van der Waals surface area contributed by atoms with E-state index in [1.165, 1.54) is 0 Å². The molecule has 41 heavy (non-hydrogen) atoms. The van der Waals surface area contributed by atoms with Crippen LogP contribution in [0.15, 0.2) is 83.9 Å². The normalized spacial score (nSPS) is 20.6. The number of carbonyl (C=O) groups excluding carboxylic acids is 1. The minimum Gasteiger partial charge on any atom is -0.494 e. The van der Waals surface area contributed by atoms with Crippen molar-refractivity contribution < 1.29 is 19.4 Å². The van der Waals surface area contributed by atoms with Gasteiger partial charge in [-0.05, 0) is 61.2 Å². The summed E-state index contributed by atoms with van der Waals surface area (Å²) in [6.45, 7) is 1.87. The van der Waals surface area contributed by atoms with Crippen molar-refractivity contribution in [2.24, 2.45) is 4.99 Å². The number of nitrogens with zero attached hydrogens (tertiary/aromatic N) is 2. The highest BCUT2D eigenvalue weighted by atomic mass is 35.5. The average Bonchev–Trinajstić information content (AvgIpc) is 3.38. The second-order valence-electron chi connectivity index (χ2n) is 10.3. The van der Waals surface area contributed by atoms with Gasteiger partial charge in [0.25, 0.3) is 5.91 Å². The van der Waals surface area contributed by atoms with Gasteiger partial charge < -0.3 is 19.5 Å². The lowest BCUT2D eigenvalue weighted by molar-refractivity contribution is -0.140. The molecular formula is C33H34Cl2N2O4. The van der Waals surface area contributed by atoms with Gasteiger partial charge in [0.1, 0.15) is 5.75 Å². The van der Waals surface area contributed by atoms with Crippen molar-refractivity contribution in [1.82, 2.24) is 4.90 Å². The lowest BCUT2D eigenvalue weighted by Crippen LogP contribution is -2.51. The van der Waals surface area contributed by atoms with Gasteiger partial charge in [0.2, 0.25) is 5.90 Å². The Hall–Kier alpha value is -3.32. The summed E-state index contributed by atoms with van der Waals surface area (Å²) in [4.78, 5) is 21.5. The molecule has 1 N–H and O–H groups in total. The second kappa shape index (κ2) is 13.6. The van der Waals surface area contributed by atoms with E-state index >= 15 is 0 Å². The van der Waals surface area contributed by atoms with Crippen LogP contribution in [0.5, 0.6) is 5.75 Å². The molecule has 2 atom stereocenters. The monoisotopic (exact) mass is 592 g/mol. The molecule has 214 valence electrons. The number of halogens is 2. The SMILES string of the molecule is O=C(N1CCCCC1)[C@]1(C/C=C/c2ccccc2)N=C(c2ccc(OCCCO)cc2)O[C@@H]1c1ccc(Cl)cc1Cl. The van der Waals surface area contributed by atoms with Gasteiger partial charge in [-0.15, -0.1) is 0 Å². The van der Waals surface area contributed by atoms with Crippen LogP contribution in [0, 0.1) is 0 Å². The predicted molar refractivity (Wildman–Crippen MR) is 164 cm³/mol. The van der Waals surface area contributed by atoms with Gasteiger partial charge in [-0.1, -0.05) is 71.8 Å². The van der Waals surface area contributed by atoms with E-state index in [9.17, 15) is 4.79 Å². The van der Waals surface area contributed by atoms with Gasteiger partial charge in [0, 0.05) is 53.7 Å². The molecule has 1 saturated heterocycles. The van der Waals surface area contributed by atoms with Crippen LogP contribution in [-0.2, 0) is 9.53 Å². The Morgan fingerprint density at radius 2 is 1.80 bits per heavy atom. The van der Waals surface area contributed by atoms with Crippen LogP contribution in [-0.4, -0.2) is 53.7 Å². The Labute approximate surface area is 251 Å². The number of benzene rings is 3. The molecule has 0 aliphatic carbocycles. The standard InChI is InChI=1S/C33H34Cl2N2O4/c34-26-14-17-28(29(35)23-26)30-33(32(39)37-19-5-2-6-20-37,18-7-11-24-9-3-1-4-10-24)36-31(41-30)25-12-15-27(16-13-25)40-22-8-21-38/h1,3-4,7,9-17,23,30,38H,2,5-6,8,18-22H2/b11-7+/t30-,33-/m1/s1. The van der Waals surface area contributed by atoms with E-state index in [0.717, 1.165) is 30.4 Å². The summed E-state index contributed by atoms with van der Waals surface area (Å²) in [6, 6.07) is 22.7. The van der Waals surface area contributed by atoms with Crippen LogP contribution in [0.2, 0.25) is 10.0 Å². The summed E-state index contributed by atoms with van der Waals surface area (Å²) in [5.74, 6) is 0.992. The largest absolute Gasteiger partial charge is 0.494 e. The van der Waals surface area contributed by atoms with E-state index in [0.29, 0.717) is 59.8 Å². The number of likely N-dealkylation sites (tertiary alicyclic amines) is 1. The maximum Gasteiger partial charge on any atom is 0.255 e. The molecule has 1 fully saturated rings. The lowest BCUT2D eigenvalue weighted by atomic mass is 9.83. The molecule has 0 saturated carbocycles. The van der Waals surface area contributed by atoms with Crippen molar-refractivity contribution in [2.75, 3.05) is 26.3 Å². The third kappa shape index (κ3) is 6.78. The number of aliphatic imine (C=N–C) groups is 1. The molecule has 5 rings (SSSR count). The highest BCUT2D eigenvalue weighted by Crippen LogP contribution is 2.46. The summed E-state index contributed by atoms with van der Waals surface area (Å²) in [5.41, 5.74) is 1.17. The topological polar surface area (TPSA) is 71.4 Å². The fraction of sp³-hybridized carbons (Fsp3) is 0.333. The van der Waals surface area contributed by atoms with Crippen molar-refractivity contribution >= 4 is 41.1 Å². The lowest BCUT2D eigenvalue weighted by Gasteiger charge is -2.37. The minimum absolute atomic E-state index is 0.0649. The Bertz CT molecular complexity index is 1390. The first-order valence-electron chi connectivity index (χ1n) is 14.1. The molecule has 2 heterocycles.